The molecule has 0 saturated heterocycles. The molecule has 1 nitrogen and oxygen atoms in total. The molecule has 0 spiro atoms. The largest absolute Gasteiger partial charge is 0.298 e. The summed E-state index contributed by atoms with van der Waals surface area (Å²) in [5.74, 6) is 0.829. The molecular formula is C14H21N. The van der Waals surface area contributed by atoms with Crippen molar-refractivity contribution in [2.75, 3.05) is 13.1 Å². The van der Waals surface area contributed by atoms with Gasteiger partial charge in [0.15, 0.2) is 0 Å². The van der Waals surface area contributed by atoms with E-state index in [1.165, 1.54) is 31.5 Å². The number of rotatable bonds is 3. The van der Waals surface area contributed by atoms with E-state index in [0.717, 1.165) is 12.5 Å². The first-order valence-corrected chi connectivity index (χ1v) is 6.08. The van der Waals surface area contributed by atoms with Crippen LogP contribution in [0.1, 0.15) is 31.4 Å². The van der Waals surface area contributed by atoms with Crippen molar-refractivity contribution in [1.29, 1.82) is 0 Å². The first-order chi connectivity index (χ1) is 7.29. The molecule has 0 amide bonds. The highest BCUT2D eigenvalue weighted by atomic mass is 15.1. The Labute approximate surface area is 93.1 Å². The summed E-state index contributed by atoms with van der Waals surface area (Å²) in [7, 11) is 0. The standard InChI is InChI=1S/C14H21N/c1-3-12(2)10-15-9-8-13-6-4-5-7-14(13)11-15/h4-7,12H,3,8-11H2,1-2H3. The lowest BCUT2D eigenvalue weighted by atomic mass is 9.98. The van der Waals surface area contributed by atoms with Crippen LogP contribution in [0.4, 0.5) is 0 Å². The fourth-order valence-corrected chi connectivity index (χ4v) is 2.28. The highest BCUT2D eigenvalue weighted by molar-refractivity contribution is 5.28. The van der Waals surface area contributed by atoms with E-state index >= 15 is 0 Å². The van der Waals surface area contributed by atoms with Crippen LogP contribution in [0.25, 0.3) is 0 Å². The van der Waals surface area contributed by atoms with Crippen molar-refractivity contribution in [1.82, 2.24) is 4.90 Å². The first kappa shape index (κ1) is 10.7. The Morgan fingerprint density at radius 3 is 2.73 bits per heavy atom. The molecule has 0 fully saturated rings. The SMILES string of the molecule is CCC(C)CN1CCc2ccccc2C1. The number of nitrogens with zero attached hydrogens (tertiary/aromatic N) is 1. The van der Waals surface area contributed by atoms with Crippen LogP contribution in [0.2, 0.25) is 0 Å². The van der Waals surface area contributed by atoms with Crippen LogP contribution in [0.5, 0.6) is 0 Å². The molecule has 1 atom stereocenters. The van der Waals surface area contributed by atoms with Crippen LogP contribution in [0.3, 0.4) is 0 Å². The second-order valence-electron chi connectivity index (χ2n) is 4.77. The molecule has 15 heavy (non-hydrogen) atoms. The first-order valence-electron chi connectivity index (χ1n) is 6.08. The molecule has 1 aliphatic rings. The third-order valence-electron chi connectivity index (χ3n) is 3.48. The highest BCUT2D eigenvalue weighted by Crippen LogP contribution is 2.19. The van der Waals surface area contributed by atoms with E-state index in [0.29, 0.717) is 0 Å². The highest BCUT2D eigenvalue weighted by Gasteiger charge is 2.16. The van der Waals surface area contributed by atoms with Gasteiger partial charge in [-0.25, -0.2) is 0 Å². The van der Waals surface area contributed by atoms with Gasteiger partial charge in [-0.15, -0.1) is 0 Å². The van der Waals surface area contributed by atoms with E-state index in [1.807, 2.05) is 0 Å². The predicted molar refractivity (Wildman–Crippen MR) is 64.9 cm³/mol. The van der Waals surface area contributed by atoms with E-state index in [-0.39, 0.29) is 0 Å². The van der Waals surface area contributed by atoms with Gasteiger partial charge in [-0.2, -0.15) is 0 Å². The average molecular weight is 203 g/mol. The van der Waals surface area contributed by atoms with E-state index in [1.54, 1.807) is 5.56 Å². The van der Waals surface area contributed by atoms with Crippen LogP contribution in [0, 0.1) is 5.92 Å². The summed E-state index contributed by atoms with van der Waals surface area (Å²) < 4.78 is 0. The Kier molecular flexibility index (Phi) is 3.42. The zero-order chi connectivity index (χ0) is 10.7. The van der Waals surface area contributed by atoms with E-state index in [2.05, 4.69) is 43.0 Å². The Bertz CT molecular complexity index is 319. The van der Waals surface area contributed by atoms with Gasteiger partial charge in [-0.05, 0) is 23.5 Å². The van der Waals surface area contributed by atoms with Gasteiger partial charge >= 0.3 is 0 Å². The summed E-state index contributed by atoms with van der Waals surface area (Å²) >= 11 is 0. The zero-order valence-electron chi connectivity index (χ0n) is 9.87. The molecule has 1 heteroatoms. The maximum Gasteiger partial charge on any atom is 0.0236 e. The third kappa shape index (κ3) is 2.60. The number of hydrogen-bond acceptors (Lipinski definition) is 1. The second kappa shape index (κ2) is 4.80. The summed E-state index contributed by atoms with van der Waals surface area (Å²) in [6.07, 6.45) is 2.52. The van der Waals surface area contributed by atoms with E-state index in [4.69, 9.17) is 0 Å². The Balaban J connectivity index is 1.99. The summed E-state index contributed by atoms with van der Waals surface area (Å²) in [5.41, 5.74) is 3.09. The Morgan fingerprint density at radius 2 is 2.00 bits per heavy atom. The van der Waals surface area contributed by atoms with Crippen molar-refractivity contribution in [3.8, 4) is 0 Å². The van der Waals surface area contributed by atoms with Gasteiger partial charge in [0.05, 0.1) is 0 Å². The van der Waals surface area contributed by atoms with Crippen molar-refractivity contribution in [3.63, 3.8) is 0 Å². The number of hydrogen-bond donors (Lipinski definition) is 0. The van der Waals surface area contributed by atoms with Gasteiger partial charge in [-0.1, -0.05) is 44.5 Å². The molecule has 0 saturated carbocycles. The Hall–Kier alpha value is -0.820. The van der Waals surface area contributed by atoms with E-state index in [9.17, 15) is 0 Å². The molecular weight excluding hydrogens is 182 g/mol. The van der Waals surface area contributed by atoms with Gasteiger partial charge in [0.1, 0.15) is 0 Å². The maximum absolute atomic E-state index is 2.59. The summed E-state index contributed by atoms with van der Waals surface area (Å²) in [6, 6.07) is 8.86. The van der Waals surface area contributed by atoms with Crippen molar-refractivity contribution < 1.29 is 0 Å². The third-order valence-corrected chi connectivity index (χ3v) is 3.48. The van der Waals surface area contributed by atoms with Crippen molar-refractivity contribution in [2.24, 2.45) is 5.92 Å². The molecule has 0 radical (unpaired) electrons. The molecule has 1 aliphatic heterocycles. The lowest BCUT2D eigenvalue weighted by Crippen LogP contribution is -2.33. The quantitative estimate of drug-likeness (QED) is 0.729. The fourth-order valence-electron chi connectivity index (χ4n) is 2.28. The van der Waals surface area contributed by atoms with Crippen molar-refractivity contribution in [3.05, 3.63) is 35.4 Å². The molecule has 2 rings (SSSR count). The predicted octanol–water partition coefficient (Wildman–Crippen LogP) is 3.09. The normalized spacial score (nSPS) is 18.5. The van der Waals surface area contributed by atoms with Gasteiger partial charge in [-0.3, -0.25) is 4.90 Å². The van der Waals surface area contributed by atoms with E-state index < -0.39 is 0 Å². The summed E-state index contributed by atoms with van der Waals surface area (Å²) in [4.78, 5) is 2.59. The molecule has 0 bridgehead atoms. The van der Waals surface area contributed by atoms with Crippen molar-refractivity contribution >= 4 is 0 Å². The molecule has 1 unspecified atom stereocenters. The zero-order valence-corrected chi connectivity index (χ0v) is 9.87. The second-order valence-corrected chi connectivity index (χ2v) is 4.77. The van der Waals surface area contributed by atoms with Crippen molar-refractivity contribution in [2.45, 2.75) is 33.2 Å². The van der Waals surface area contributed by atoms with Crippen LogP contribution in [-0.4, -0.2) is 18.0 Å². The minimum absolute atomic E-state index is 0.829. The van der Waals surface area contributed by atoms with Crippen LogP contribution in [0.15, 0.2) is 24.3 Å². The molecule has 1 heterocycles. The van der Waals surface area contributed by atoms with Crippen LogP contribution in [-0.2, 0) is 13.0 Å². The number of benzene rings is 1. The summed E-state index contributed by atoms with van der Waals surface area (Å²) in [6.45, 7) is 8.27. The maximum atomic E-state index is 2.59. The molecule has 0 aliphatic carbocycles. The van der Waals surface area contributed by atoms with Gasteiger partial charge in [0.2, 0.25) is 0 Å². The molecule has 1 aromatic carbocycles. The van der Waals surface area contributed by atoms with Gasteiger partial charge in [0, 0.05) is 19.6 Å². The molecule has 0 aromatic heterocycles. The topological polar surface area (TPSA) is 3.24 Å². The molecule has 0 N–H and O–H groups in total. The Morgan fingerprint density at radius 1 is 1.27 bits per heavy atom. The van der Waals surface area contributed by atoms with Gasteiger partial charge in [0.25, 0.3) is 0 Å². The summed E-state index contributed by atoms with van der Waals surface area (Å²) in [5, 5.41) is 0. The molecule has 82 valence electrons. The smallest absolute Gasteiger partial charge is 0.0236 e. The minimum atomic E-state index is 0.829. The minimum Gasteiger partial charge on any atom is -0.298 e. The lowest BCUT2D eigenvalue weighted by molar-refractivity contribution is 0.217. The van der Waals surface area contributed by atoms with Gasteiger partial charge < -0.3 is 0 Å². The monoisotopic (exact) mass is 203 g/mol. The molecule has 1 aromatic rings. The van der Waals surface area contributed by atoms with Crippen LogP contribution >= 0.6 is 0 Å². The average Bonchev–Trinajstić information content (AvgIpc) is 2.29. The van der Waals surface area contributed by atoms with Crippen LogP contribution < -0.4 is 0 Å². The number of fused-ring (bicyclic) bond motifs is 1. The lowest BCUT2D eigenvalue weighted by Gasteiger charge is -2.30. The fraction of sp³-hybridized carbons (Fsp3) is 0.571.